The summed E-state index contributed by atoms with van der Waals surface area (Å²) >= 11 is 0. The van der Waals surface area contributed by atoms with Crippen LogP contribution in [0.1, 0.15) is 127 Å². The lowest BCUT2D eigenvalue weighted by molar-refractivity contribution is -0.219. The molecule has 3 atom stereocenters. The van der Waals surface area contributed by atoms with Crippen molar-refractivity contribution in [2.24, 2.45) is 29.1 Å². The lowest BCUT2D eigenvalue weighted by Crippen LogP contribution is -2.57. The summed E-state index contributed by atoms with van der Waals surface area (Å²) in [5.41, 5.74) is 0.676. The number of carbonyl (C=O) groups is 3. The first-order chi connectivity index (χ1) is 22.7. The van der Waals surface area contributed by atoms with Gasteiger partial charge in [-0.3, -0.25) is 9.59 Å². The number of hydrogen-bond acceptors (Lipinski definition) is 8. The number of ether oxygens (including phenoxy) is 2. The van der Waals surface area contributed by atoms with Gasteiger partial charge in [-0.2, -0.15) is 8.78 Å². The summed E-state index contributed by atoms with van der Waals surface area (Å²) < 4.78 is 69.2. The third-order valence-electron chi connectivity index (χ3n) is 12.7. The zero-order chi connectivity index (χ0) is 38.0. The molecule has 12 heteroatoms. The molecule has 5 aliphatic rings. The molecule has 1 saturated heterocycles. The van der Waals surface area contributed by atoms with E-state index in [1.54, 1.807) is 0 Å². The van der Waals surface area contributed by atoms with E-state index < -0.39 is 43.9 Å². The van der Waals surface area contributed by atoms with E-state index in [1.165, 1.54) is 51.0 Å². The van der Waals surface area contributed by atoms with Crippen molar-refractivity contribution in [1.82, 2.24) is 0 Å². The highest BCUT2D eigenvalue weighted by atomic mass is 32.2. The minimum absolute atomic E-state index is 0.187. The van der Waals surface area contributed by atoms with Crippen LogP contribution in [0, 0.1) is 49.9 Å². The number of alkyl halides is 2. The van der Waals surface area contributed by atoms with Crippen molar-refractivity contribution in [2.75, 3.05) is 5.75 Å². The molecule has 5 fully saturated rings. The average molecular weight is 743 g/mol. The SMILES string of the molecule is CC(C)(OC(=O)C12CC3CC(CC(C3)C1)C2)C(C)(C)OC(=O)C(F)(F)S(=O)(=O)[O-].Cc1ccc(C(=O)C(C)(C)[S+]2CCC(C)C2C)c(C)c1C. The highest BCUT2D eigenvalue weighted by molar-refractivity contribution is 7.99. The lowest BCUT2D eigenvalue weighted by atomic mass is 9.49. The standard InChI is InChI=1S/C19H28F2O7S.C19H29OS/c1-16(2,17(3,4)28-15(23)19(20,21)29(24,25)26)27-14(22)18-8-11-5-12(9-18)7-13(6-11)10-18;1-12-8-9-17(15(4)14(12)3)18(20)19(6,7)21-11-10-13(2)16(21)5/h11-13H,5-10H2,1-4H3,(H,24,25,26);8-9,13,16H,10-11H2,1-7H3/q;+1/p-1. The molecule has 4 saturated carbocycles. The largest absolute Gasteiger partial charge is 0.743 e. The number of halogens is 2. The van der Waals surface area contributed by atoms with E-state index in [9.17, 15) is 36.1 Å². The average Bonchev–Trinajstić information content (AvgIpc) is 3.32. The molecule has 0 aromatic heterocycles. The quantitative estimate of drug-likeness (QED) is 0.110. The maximum Gasteiger partial charge on any atom is 0.428 e. The van der Waals surface area contributed by atoms with Crippen molar-refractivity contribution >= 4 is 38.7 Å². The molecule has 50 heavy (non-hydrogen) atoms. The predicted octanol–water partition coefficient (Wildman–Crippen LogP) is 7.60. The van der Waals surface area contributed by atoms with Crippen LogP contribution in [0.25, 0.3) is 0 Å². The first kappa shape index (κ1) is 40.7. The number of hydrogen-bond donors (Lipinski definition) is 0. The van der Waals surface area contributed by atoms with E-state index in [2.05, 4.69) is 59.3 Å². The number of aryl methyl sites for hydroxylation is 1. The van der Waals surface area contributed by atoms with Crippen LogP contribution >= 0.6 is 0 Å². The number of carbonyl (C=O) groups excluding carboxylic acids is 3. The number of rotatable bonds is 9. The van der Waals surface area contributed by atoms with Crippen LogP contribution in [0.15, 0.2) is 12.1 Å². The van der Waals surface area contributed by atoms with E-state index in [0.29, 0.717) is 28.8 Å². The van der Waals surface area contributed by atoms with Gasteiger partial charge in [0, 0.05) is 22.4 Å². The van der Waals surface area contributed by atoms with Gasteiger partial charge < -0.3 is 14.0 Å². The molecule has 4 aliphatic carbocycles. The minimum atomic E-state index is -6.24. The van der Waals surface area contributed by atoms with Crippen molar-refractivity contribution in [2.45, 2.75) is 148 Å². The number of ketones is 1. The Morgan fingerprint density at radius 1 is 0.840 bits per heavy atom. The van der Waals surface area contributed by atoms with E-state index >= 15 is 0 Å². The van der Waals surface area contributed by atoms with Crippen LogP contribution in [0.3, 0.4) is 0 Å². The van der Waals surface area contributed by atoms with Crippen molar-refractivity contribution < 1.29 is 45.6 Å². The fourth-order valence-corrected chi connectivity index (χ4v) is 12.4. The second-order valence-electron chi connectivity index (χ2n) is 17.1. The van der Waals surface area contributed by atoms with Crippen molar-refractivity contribution in [3.8, 4) is 0 Å². The number of esters is 2. The number of Topliss-reactive ketones (excluding diaryl/α,β-unsaturated/α-hetero) is 1. The van der Waals surface area contributed by atoms with Crippen LogP contribution in [0.2, 0.25) is 0 Å². The maximum atomic E-state index is 13.5. The second kappa shape index (κ2) is 13.7. The molecule has 0 spiro atoms. The molecule has 3 unspecified atom stereocenters. The highest BCUT2D eigenvalue weighted by Gasteiger charge is 2.59. The van der Waals surface area contributed by atoms with Gasteiger partial charge in [-0.1, -0.05) is 19.1 Å². The van der Waals surface area contributed by atoms with Gasteiger partial charge in [0.2, 0.25) is 5.78 Å². The Morgan fingerprint density at radius 2 is 1.32 bits per heavy atom. The van der Waals surface area contributed by atoms with Gasteiger partial charge in [0.1, 0.15) is 22.2 Å². The molecule has 8 nitrogen and oxygen atoms in total. The summed E-state index contributed by atoms with van der Waals surface area (Å²) in [5.74, 6) is 0.848. The van der Waals surface area contributed by atoms with Gasteiger partial charge in [0.25, 0.3) is 0 Å². The molecule has 4 bridgehead atoms. The summed E-state index contributed by atoms with van der Waals surface area (Å²) in [6, 6.07) is 4.13. The smallest absolute Gasteiger partial charge is 0.428 e. The molecule has 0 amide bonds. The molecule has 282 valence electrons. The van der Waals surface area contributed by atoms with E-state index in [-0.39, 0.29) is 15.6 Å². The zero-order valence-electron chi connectivity index (χ0n) is 31.5. The summed E-state index contributed by atoms with van der Waals surface area (Å²) in [4.78, 5) is 38.0. The number of benzene rings is 1. The molecule has 1 heterocycles. The van der Waals surface area contributed by atoms with Crippen LogP contribution < -0.4 is 0 Å². The van der Waals surface area contributed by atoms with Gasteiger partial charge in [-0.15, -0.1) is 0 Å². The first-order valence-corrected chi connectivity index (χ1v) is 20.6. The van der Waals surface area contributed by atoms with Gasteiger partial charge in [0.15, 0.2) is 14.9 Å². The third kappa shape index (κ3) is 7.54. The Kier molecular flexibility index (Phi) is 11.2. The Bertz CT molecular complexity index is 1580. The zero-order valence-corrected chi connectivity index (χ0v) is 33.2. The summed E-state index contributed by atoms with van der Waals surface area (Å²) in [5, 5.41) is -4.57. The first-order valence-electron chi connectivity index (χ1n) is 17.8. The second-order valence-corrected chi connectivity index (χ2v) is 21.5. The minimum Gasteiger partial charge on any atom is -0.743 e. The molecular weight excluding hydrogens is 687 g/mol. The molecule has 6 rings (SSSR count). The van der Waals surface area contributed by atoms with Gasteiger partial charge in [-0.05, 0) is 149 Å². The third-order valence-corrected chi connectivity index (χ3v) is 17.0. The lowest BCUT2D eigenvalue weighted by Gasteiger charge is -2.56. The van der Waals surface area contributed by atoms with E-state index in [1.807, 2.05) is 6.07 Å². The summed E-state index contributed by atoms with van der Waals surface area (Å²) in [6.07, 6.45) is 6.85. The fourth-order valence-electron chi connectivity index (χ4n) is 8.72. The maximum absolute atomic E-state index is 13.5. The van der Waals surface area contributed by atoms with E-state index in [0.717, 1.165) is 55.6 Å². The van der Waals surface area contributed by atoms with Gasteiger partial charge in [0.05, 0.1) is 5.41 Å². The van der Waals surface area contributed by atoms with E-state index in [4.69, 9.17) is 4.74 Å². The Hall–Kier alpha value is -2.05. The summed E-state index contributed by atoms with van der Waals surface area (Å²) in [7, 11) is -6.05. The van der Waals surface area contributed by atoms with Crippen molar-refractivity contribution in [1.29, 1.82) is 0 Å². The summed E-state index contributed by atoms with van der Waals surface area (Å²) in [6.45, 7) is 20.6. The van der Waals surface area contributed by atoms with Crippen LogP contribution in [0.4, 0.5) is 8.78 Å². The predicted molar refractivity (Wildman–Crippen MR) is 190 cm³/mol. The Morgan fingerprint density at radius 3 is 1.76 bits per heavy atom. The molecule has 0 N–H and O–H groups in total. The van der Waals surface area contributed by atoms with Crippen LogP contribution in [-0.4, -0.2) is 62.9 Å². The van der Waals surface area contributed by atoms with Gasteiger partial charge in [-0.25, -0.2) is 13.2 Å². The van der Waals surface area contributed by atoms with Crippen molar-refractivity contribution in [3.05, 3.63) is 34.4 Å². The fraction of sp³-hybridized carbons (Fsp3) is 0.763. The topological polar surface area (TPSA) is 127 Å². The van der Waals surface area contributed by atoms with Crippen LogP contribution in [0.5, 0.6) is 0 Å². The Balaban J connectivity index is 0.000000237. The monoisotopic (exact) mass is 742 g/mol. The normalized spacial score (nSPS) is 29.6. The van der Waals surface area contributed by atoms with Crippen molar-refractivity contribution in [3.63, 3.8) is 0 Å². The van der Waals surface area contributed by atoms with Gasteiger partial charge >= 0.3 is 17.2 Å². The highest BCUT2D eigenvalue weighted by Crippen LogP contribution is 2.60. The molecule has 1 aromatic rings. The molecular formula is C38H56F2O8S2. The molecule has 0 radical (unpaired) electrons. The molecule has 1 aliphatic heterocycles. The van der Waals surface area contributed by atoms with Crippen LogP contribution in [-0.2, 0) is 40.1 Å². The Labute approximate surface area is 300 Å². The molecule has 1 aromatic carbocycles.